The summed E-state index contributed by atoms with van der Waals surface area (Å²) < 4.78 is 13.7. The molecule has 1 nitrogen and oxygen atoms in total. The van der Waals surface area contributed by atoms with Gasteiger partial charge in [-0.05, 0) is 37.0 Å². The molecule has 15 heavy (non-hydrogen) atoms. The smallest absolute Gasteiger partial charge is 0.129 e. The van der Waals surface area contributed by atoms with Crippen LogP contribution >= 0.6 is 0 Å². The number of hydrogen-bond donors (Lipinski definition) is 1. The molecule has 0 aromatic heterocycles. The quantitative estimate of drug-likeness (QED) is 0.809. The minimum Gasteiger partial charge on any atom is -0.388 e. The van der Waals surface area contributed by atoms with Gasteiger partial charge in [0.05, 0.1) is 6.10 Å². The molecule has 2 atom stereocenters. The Bertz CT molecular complexity index is 323. The Labute approximate surface area is 90.9 Å². The van der Waals surface area contributed by atoms with Crippen LogP contribution in [0, 0.1) is 25.6 Å². The third-order valence-electron chi connectivity index (χ3n) is 2.96. The molecule has 0 aliphatic carbocycles. The van der Waals surface area contributed by atoms with E-state index < -0.39 is 6.10 Å². The van der Waals surface area contributed by atoms with E-state index in [1.807, 2.05) is 33.8 Å². The van der Waals surface area contributed by atoms with Crippen molar-refractivity contribution in [3.8, 4) is 0 Å². The molecule has 0 saturated carbocycles. The lowest BCUT2D eigenvalue weighted by Crippen LogP contribution is -2.12. The van der Waals surface area contributed by atoms with Crippen LogP contribution in [0.4, 0.5) is 4.39 Å². The maximum absolute atomic E-state index is 13.7. The average Bonchev–Trinajstić information content (AvgIpc) is 2.14. The molecule has 2 unspecified atom stereocenters. The molecule has 84 valence electrons. The van der Waals surface area contributed by atoms with Crippen molar-refractivity contribution in [2.75, 3.05) is 0 Å². The van der Waals surface area contributed by atoms with Gasteiger partial charge in [-0.15, -0.1) is 0 Å². The molecule has 2 heteroatoms. The van der Waals surface area contributed by atoms with Gasteiger partial charge in [-0.3, -0.25) is 0 Å². The van der Waals surface area contributed by atoms with Gasteiger partial charge in [0.15, 0.2) is 0 Å². The third kappa shape index (κ3) is 2.57. The van der Waals surface area contributed by atoms with E-state index in [0.717, 1.165) is 17.5 Å². The number of halogens is 1. The molecule has 1 N–H and O–H groups in total. The van der Waals surface area contributed by atoms with E-state index in [-0.39, 0.29) is 11.7 Å². The zero-order chi connectivity index (χ0) is 11.6. The van der Waals surface area contributed by atoms with Crippen LogP contribution in [0.15, 0.2) is 12.1 Å². The lowest BCUT2D eigenvalue weighted by atomic mass is 9.91. The van der Waals surface area contributed by atoms with Gasteiger partial charge in [-0.2, -0.15) is 0 Å². The molecule has 0 heterocycles. The van der Waals surface area contributed by atoms with Crippen LogP contribution in [0.1, 0.15) is 43.1 Å². The van der Waals surface area contributed by atoms with Gasteiger partial charge in [-0.25, -0.2) is 4.39 Å². The fourth-order valence-electron chi connectivity index (χ4n) is 1.81. The second-order valence-electron chi connectivity index (χ2n) is 4.31. The molecule has 0 saturated heterocycles. The largest absolute Gasteiger partial charge is 0.388 e. The van der Waals surface area contributed by atoms with Crippen LogP contribution in [0.2, 0.25) is 0 Å². The van der Waals surface area contributed by atoms with Crippen LogP contribution in [-0.4, -0.2) is 5.11 Å². The molecular weight excluding hydrogens is 191 g/mol. The third-order valence-corrected chi connectivity index (χ3v) is 2.96. The minimum absolute atomic E-state index is 0.0842. The summed E-state index contributed by atoms with van der Waals surface area (Å²) in [4.78, 5) is 0. The summed E-state index contributed by atoms with van der Waals surface area (Å²) in [5, 5.41) is 10.0. The summed E-state index contributed by atoms with van der Waals surface area (Å²) in [7, 11) is 0. The second kappa shape index (κ2) is 4.75. The summed E-state index contributed by atoms with van der Waals surface area (Å²) >= 11 is 0. The Morgan fingerprint density at radius 3 is 2.40 bits per heavy atom. The van der Waals surface area contributed by atoms with Gasteiger partial charge in [0, 0.05) is 5.56 Å². The van der Waals surface area contributed by atoms with Crippen molar-refractivity contribution < 1.29 is 9.50 Å². The molecule has 1 aromatic rings. The van der Waals surface area contributed by atoms with Crippen molar-refractivity contribution in [1.82, 2.24) is 0 Å². The Morgan fingerprint density at radius 1 is 1.33 bits per heavy atom. The van der Waals surface area contributed by atoms with Crippen molar-refractivity contribution in [1.29, 1.82) is 0 Å². The first-order chi connectivity index (χ1) is 6.97. The van der Waals surface area contributed by atoms with Gasteiger partial charge in [0.25, 0.3) is 0 Å². The number of aliphatic hydroxyl groups is 1. The van der Waals surface area contributed by atoms with Crippen molar-refractivity contribution in [3.63, 3.8) is 0 Å². The van der Waals surface area contributed by atoms with Crippen LogP contribution < -0.4 is 0 Å². The van der Waals surface area contributed by atoms with Crippen molar-refractivity contribution in [3.05, 3.63) is 34.6 Å². The highest BCUT2D eigenvalue weighted by Crippen LogP contribution is 2.29. The van der Waals surface area contributed by atoms with E-state index in [1.165, 1.54) is 6.07 Å². The predicted octanol–water partition coefficient (Wildman–Crippen LogP) is 3.52. The monoisotopic (exact) mass is 210 g/mol. The first-order valence-corrected chi connectivity index (χ1v) is 5.42. The van der Waals surface area contributed by atoms with Crippen molar-refractivity contribution in [2.24, 2.45) is 5.92 Å². The topological polar surface area (TPSA) is 20.2 Å². The SMILES string of the molecule is CCC(C)C(O)c1c(C)cc(C)cc1F. The first-order valence-electron chi connectivity index (χ1n) is 5.42. The highest BCUT2D eigenvalue weighted by atomic mass is 19.1. The Kier molecular flexibility index (Phi) is 3.86. The minimum atomic E-state index is -0.699. The Balaban J connectivity index is 3.13. The van der Waals surface area contributed by atoms with Gasteiger partial charge in [0.2, 0.25) is 0 Å². The van der Waals surface area contributed by atoms with Gasteiger partial charge < -0.3 is 5.11 Å². The number of benzene rings is 1. The summed E-state index contributed by atoms with van der Waals surface area (Å²) in [5.74, 6) is -0.207. The molecule has 0 bridgehead atoms. The normalized spacial score (nSPS) is 15.1. The van der Waals surface area contributed by atoms with E-state index in [9.17, 15) is 9.50 Å². The predicted molar refractivity (Wildman–Crippen MR) is 60.3 cm³/mol. The Morgan fingerprint density at radius 2 is 1.93 bits per heavy atom. The summed E-state index contributed by atoms with van der Waals surface area (Å²) in [6.07, 6.45) is 0.143. The maximum Gasteiger partial charge on any atom is 0.129 e. The molecular formula is C13H19FO. The molecule has 0 aliphatic rings. The van der Waals surface area contributed by atoms with Crippen LogP contribution in [0.5, 0.6) is 0 Å². The number of aryl methyl sites for hydroxylation is 2. The lowest BCUT2D eigenvalue weighted by molar-refractivity contribution is 0.111. The maximum atomic E-state index is 13.7. The number of aliphatic hydroxyl groups excluding tert-OH is 1. The standard InChI is InChI=1S/C13H19FO/c1-5-9(3)13(15)12-10(4)6-8(2)7-11(12)14/h6-7,9,13,15H,5H2,1-4H3. The summed E-state index contributed by atoms with van der Waals surface area (Å²) in [6, 6.07) is 3.39. The lowest BCUT2D eigenvalue weighted by Gasteiger charge is -2.20. The molecule has 0 spiro atoms. The fourth-order valence-corrected chi connectivity index (χ4v) is 1.81. The van der Waals surface area contributed by atoms with E-state index in [1.54, 1.807) is 0 Å². The molecule has 0 fully saturated rings. The first kappa shape index (κ1) is 12.2. The van der Waals surface area contributed by atoms with Crippen molar-refractivity contribution in [2.45, 2.75) is 40.2 Å². The van der Waals surface area contributed by atoms with Crippen LogP contribution in [0.25, 0.3) is 0 Å². The van der Waals surface area contributed by atoms with Gasteiger partial charge >= 0.3 is 0 Å². The van der Waals surface area contributed by atoms with E-state index >= 15 is 0 Å². The average molecular weight is 210 g/mol. The number of hydrogen-bond acceptors (Lipinski definition) is 1. The van der Waals surface area contributed by atoms with E-state index in [4.69, 9.17) is 0 Å². The molecule has 1 aromatic carbocycles. The number of rotatable bonds is 3. The Hall–Kier alpha value is -0.890. The van der Waals surface area contributed by atoms with Crippen LogP contribution in [-0.2, 0) is 0 Å². The zero-order valence-corrected chi connectivity index (χ0v) is 9.84. The molecule has 0 aliphatic heterocycles. The van der Waals surface area contributed by atoms with E-state index in [0.29, 0.717) is 5.56 Å². The summed E-state index contributed by atoms with van der Waals surface area (Å²) in [6.45, 7) is 7.63. The van der Waals surface area contributed by atoms with Gasteiger partial charge in [-0.1, -0.05) is 26.3 Å². The highest BCUT2D eigenvalue weighted by molar-refractivity contribution is 5.33. The van der Waals surface area contributed by atoms with Crippen LogP contribution in [0.3, 0.4) is 0 Å². The van der Waals surface area contributed by atoms with Gasteiger partial charge in [0.1, 0.15) is 5.82 Å². The fraction of sp³-hybridized carbons (Fsp3) is 0.538. The highest BCUT2D eigenvalue weighted by Gasteiger charge is 2.20. The molecule has 0 amide bonds. The second-order valence-corrected chi connectivity index (χ2v) is 4.31. The van der Waals surface area contributed by atoms with E-state index in [2.05, 4.69) is 0 Å². The molecule has 1 rings (SSSR count). The zero-order valence-electron chi connectivity index (χ0n) is 9.84. The molecule has 0 radical (unpaired) electrons. The summed E-state index contributed by atoms with van der Waals surface area (Å²) in [5.41, 5.74) is 2.18. The van der Waals surface area contributed by atoms with Crippen molar-refractivity contribution >= 4 is 0 Å².